The summed E-state index contributed by atoms with van der Waals surface area (Å²) in [5.74, 6) is 0.771. The van der Waals surface area contributed by atoms with E-state index in [-0.39, 0.29) is 0 Å². The van der Waals surface area contributed by atoms with E-state index in [0.717, 1.165) is 49.5 Å². The maximum Gasteiger partial charge on any atom is 0.137 e. The van der Waals surface area contributed by atoms with E-state index >= 15 is 0 Å². The molecular formula is C22H32ClN3O. The molecule has 0 radical (unpaired) electrons. The highest BCUT2D eigenvalue weighted by Crippen LogP contribution is 2.33. The van der Waals surface area contributed by atoms with Gasteiger partial charge in [0.1, 0.15) is 5.75 Å². The number of halogens is 1. The summed E-state index contributed by atoms with van der Waals surface area (Å²) in [6, 6.07) is 6.02. The van der Waals surface area contributed by atoms with Crippen LogP contribution in [0.3, 0.4) is 0 Å². The van der Waals surface area contributed by atoms with E-state index in [0.29, 0.717) is 5.02 Å². The van der Waals surface area contributed by atoms with Gasteiger partial charge in [-0.1, -0.05) is 57.0 Å². The van der Waals surface area contributed by atoms with Crippen LogP contribution in [0.2, 0.25) is 5.02 Å². The smallest absolute Gasteiger partial charge is 0.137 e. The number of nitrogens with one attached hydrogen (secondary N) is 1. The van der Waals surface area contributed by atoms with Crippen LogP contribution in [0.25, 0.3) is 11.3 Å². The lowest BCUT2D eigenvalue weighted by Gasteiger charge is -2.22. The van der Waals surface area contributed by atoms with E-state index in [4.69, 9.17) is 16.3 Å². The molecule has 1 aliphatic heterocycles. The third-order valence-corrected chi connectivity index (χ3v) is 5.63. The first-order valence-corrected chi connectivity index (χ1v) is 10.7. The van der Waals surface area contributed by atoms with E-state index in [1.807, 2.05) is 12.1 Å². The zero-order valence-electron chi connectivity index (χ0n) is 16.7. The molecule has 1 aromatic carbocycles. The number of unbranched alkanes of at least 4 members (excludes halogenated alkanes) is 6. The quantitative estimate of drug-likeness (QED) is 0.518. The Hall–Kier alpha value is -1.52. The normalized spacial score (nSPS) is 14.3. The van der Waals surface area contributed by atoms with Crippen molar-refractivity contribution in [2.24, 2.45) is 0 Å². The van der Waals surface area contributed by atoms with Crippen LogP contribution >= 0.6 is 11.6 Å². The lowest BCUT2D eigenvalue weighted by molar-refractivity contribution is 0.304. The Balaban J connectivity index is 1.52. The minimum absolute atomic E-state index is 0.663. The summed E-state index contributed by atoms with van der Waals surface area (Å²) in [6.07, 6.45) is 9.99. The van der Waals surface area contributed by atoms with Crippen LogP contribution in [0.15, 0.2) is 18.2 Å². The highest BCUT2D eigenvalue weighted by Gasteiger charge is 2.21. The average molecular weight is 390 g/mol. The second-order valence-corrected chi connectivity index (χ2v) is 8.04. The van der Waals surface area contributed by atoms with Crippen molar-refractivity contribution in [3.63, 3.8) is 0 Å². The fourth-order valence-electron chi connectivity index (χ4n) is 3.68. The van der Waals surface area contributed by atoms with Crippen molar-refractivity contribution in [3.8, 4) is 17.0 Å². The van der Waals surface area contributed by atoms with Gasteiger partial charge in [0.2, 0.25) is 0 Å². The van der Waals surface area contributed by atoms with Crippen LogP contribution in [-0.2, 0) is 13.0 Å². The zero-order valence-corrected chi connectivity index (χ0v) is 17.4. The fourth-order valence-corrected chi connectivity index (χ4v) is 3.91. The number of fused-ring (bicyclic) bond motifs is 1. The van der Waals surface area contributed by atoms with Gasteiger partial charge in [0.05, 0.1) is 17.3 Å². The van der Waals surface area contributed by atoms with Crippen LogP contribution < -0.4 is 4.74 Å². The first-order valence-electron chi connectivity index (χ1n) is 10.4. The van der Waals surface area contributed by atoms with Gasteiger partial charge in [0, 0.05) is 36.3 Å². The molecular weight excluding hydrogens is 358 g/mol. The highest BCUT2D eigenvalue weighted by atomic mass is 35.5. The lowest BCUT2D eigenvalue weighted by Crippen LogP contribution is -2.26. The topological polar surface area (TPSA) is 41.1 Å². The molecule has 2 heterocycles. The van der Waals surface area contributed by atoms with Crippen molar-refractivity contribution >= 4 is 11.6 Å². The molecule has 148 valence electrons. The molecule has 1 aromatic heterocycles. The minimum atomic E-state index is 0.663. The number of H-pyrrole nitrogens is 1. The molecule has 3 rings (SSSR count). The van der Waals surface area contributed by atoms with Crippen LogP contribution in [-0.4, -0.2) is 35.3 Å². The lowest BCUT2D eigenvalue weighted by atomic mass is 10.0. The Morgan fingerprint density at radius 2 is 1.93 bits per heavy atom. The molecule has 0 amide bonds. The number of hydrogen-bond donors (Lipinski definition) is 1. The summed E-state index contributed by atoms with van der Waals surface area (Å²) in [4.78, 5) is 2.32. The van der Waals surface area contributed by atoms with Crippen molar-refractivity contribution in [3.05, 3.63) is 34.5 Å². The number of ether oxygens (including phenoxy) is 1. The molecule has 0 spiro atoms. The summed E-state index contributed by atoms with van der Waals surface area (Å²) < 4.78 is 5.90. The van der Waals surface area contributed by atoms with Crippen molar-refractivity contribution in [2.75, 3.05) is 20.2 Å². The molecule has 0 unspecified atom stereocenters. The second kappa shape index (κ2) is 10.1. The van der Waals surface area contributed by atoms with Crippen LogP contribution in [0.5, 0.6) is 5.75 Å². The molecule has 0 fully saturated rings. The van der Waals surface area contributed by atoms with Crippen molar-refractivity contribution in [1.29, 1.82) is 0 Å². The predicted octanol–water partition coefficient (Wildman–Crippen LogP) is 5.85. The minimum Gasteiger partial charge on any atom is -0.492 e. The van der Waals surface area contributed by atoms with Gasteiger partial charge >= 0.3 is 0 Å². The van der Waals surface area contributed by atoms with Gasteiger partial charge in [-0.25, -0.2) is 0 Å². The molecule has 0 atom stereocenters. The number of aromatic amines is 1. The van der Waals surface area contributed by atoms with Gasteiger partial charge in [0.25, 0.3) is 0 Å². The molecule has 2 aromatic rings. The maximum atomic E-state index is 6.48. The van der Waals surface area contributed by atoms with E-state index in [2.05, 4.69) is 35.1 Å². The van der Waals surface area contributed by atoms with E-state index in [1.165, 1.54) is 49.8 Å². The van der Waals surface area contributed by atoms with Crippen LogP contribution in [0.1, 0.15) is 63.1 Å². The Bertz CT molecular complexity index is 728. The third kappa shape index (κ3) is 5.49. The van der Waals surface area contributed by atoms with Gasteiger partial charge in [0.15, 0.2) is 0 Å². The average Bonchev–Trinajstić information content (AvgIpc) is 3.08. The Morgan fingerprint density at radius 1 is 1.15 bits per heavy atom. The molecule has 1 N–H and O–H groups in total. The standard InChI is InChI=1S/C22H32ClN3O/c1-3-4-5-6-7-8-9-14-27-21-11-10-17(15-19(21)23)22-18-16-26(2)13-12-20(18)24-25-22/h10-11,15H,3-9,12-14,16H2,1-2H3,(H,24,25). The summed E-state index contributed by atoms with van der Waals surface area (Å²) >= 11 is 6.48. The van der Waals surface area contributed by atoms with E-state index < -0.39 is 0 Å². The Kier molecular flexibility index (Phi) is 7.59. The number of rotatable bonds is 10. The first-order chi connectivity index (χ1) is 13.2. The summed E-state index contributed by atoms with van der Waals surface area (Å²) in [6.45, 7) is 4.98. The number of benzene rings is 1. The molecule has 0 bridgehead atoms. The van der Waals surface area contributed by atoms with Gasteiger partial charge in [-0.2, -0.15) is 5.10 Å². The summed E-state index contributed by atoms with van der Waals surface area (Å²) in [5, 5.41) is 8.40. The molecule has 5 heteroatoms. The first kappa shape index (κ1) is 20.2. The van der Waals surface area contributed by atoms with Crippen molar-refractivity contribution in [1.82, 2.24) is 15.1 Å². The number of nitrogens with zero attached hydrogens (tertiary/aromatic N) is 2. The molecule has 0 saturated heterocycles. The van der Waals surface area contributed by atoms with Gasteiger partial charge in [-0.15, -0.1) is 0 Å². The van der Waals surface area contributed by atoms with Crippen molar-refractivity contribution in [2.45, 2.75) is 64.8 Å². The zero-order chi connectivity index (χ0) is 19.1. The van der Waals surface area contributed by atoms with Gasteiger partial charge in [-0.3, -0.25) is 5.10 Å². The van der Waals surface area contributed by atoms with Gasteiger partial charge in [-0.05, 0) is 31.7 Å². The van der Waals surface area contributed by atoms with Crippen LogP contribution in [0, 0.1) is 0 Å². The molecule has 0 aliphatic carbocycles. The molecule has 0 saturated carbocycles. The molecule has 27 heavy (non-hydrogen) atoms. The SMILES string of the molecule is CCCCCCCCCOc1ccc(-c2n[nH]c3c2CN(C)CC3)cc1Cl. The summed E-state index contributed by atoms with van der Waals surface area (Å²) in [7, 11) is 2.15. The monoisotopic (exact) mass is 389 g/mol. The molecule has 1 aliphatic rings. The predicted molar refractivity (Wildman–Crippen MR) is 113 cm³/mol. The number of likely N-dealkylation sites (N-methyl/N-ethyl adjacent to an activating group) is 1. The Morgan fingerprint density at radius 3 is 2.70 bits per heavy atom. The number of aromatic nitrogens is 2. The van der Waals surface area contributed by atoms with Gasteiger partial charge < -0.3 is 9.64 Å². The highest BCUT2D eigenvalue weighted by molar-refractivity contribution is 6.32. The summed E-state index contributed by atoms with van der Waals surface area (Å²) in [5.41, 5.74) is 4.60. The maximum absolute atomic E-state index is 6.48. The third-order valence-electron chi connectivity index (χ3n) is 5.34. The fraction of sp³-hybridized carbons (Fsp3) is 0.591. The van der Waals surface area contributed by atoms with E-state index in [1.54, 1.807) is 0 Å². The van der Waals surface area contributed by atoms with Crippen LogP contribution in [0.4, 0.5) is 0 Å². The van der Waals surface area contributed by atoms with E-state index in [9.17, 15) is 0 Å². The number of hydrogen-bond acceptors (Lipinski definition) is 3. The largest absolute Gasteiger partial charge is 0.492 e. The molecule has 4 nitrogen and oxygen atoms in total. The van der Waals surface area contributed by atoms with Crippen molar-refractivity contribution < 1.29 is 4.74 Å². The Labute approximate surface area is 168 Å². The second-order valence-electron chi connectivity index (χ2n) is 7.63.